The van der Waals surface area contributed by atoms with E-state index in [2.05, 4.69) is 16.6 Å². The molecule has 0 saturated carbocycles. The van der Waals surface area contributed by atoms with Gasteiger partial charge < -0.3 is 20.1 Å². The van der Waals surface area contributed by atoms with Crippen LogP contribution in [0.1, 0.15) is 23.6 Å². The molecule has 1 atom stereocenters. The molecule has 1 heterocycles. The summed E-state index contributed by atoms with van der Waals surface area (Å²) >= 11 is 1.48. The number of hydrogen-bond donors (Lipinski definition) is 2. The summed E-state index contributed by atoms with van der Waals surface area (Å²) in [6.07, 6.45) is 5.98. The third-order valence-electron chi connectivity index (χ3n) is 4.32. The molecule has 2 amide bonds. The first-order chi connectivity index (χ1) is 13.6. The van der Waals surface area contributed by atoms with E-state index in [0.29, 0.717) is 22.9 Å². The first-order valence-electron chi connectivity index (χ1n) is 8.81. The van der Waals surface area contributed by atoms with Crippen molar-refractivity contribution in [2.45, 2.75) is 23.9 Å². The number of terminal acetylenes is 1. The molecule has 2 N–H and O–H groups in total. The maximum Gasteiger partial charge on any atom is 0.315 e. The highest BCUT2D eigenvalue weighted by atomic mass is 32.2. The van der Waals surface area contributed by atoms with Gasteiger partial charge in [-0.15, -0.1) is 18.2 Å². The molecule has 0 saturated heterocycles. The molecule has 7 heteroatoms. The van der Waals surface area contributed by atoms with E-state index in [1.54, 1.807) is 25.3 Å². The van der Waals surface area contributed by atoms with Gasteiger partial charge in [0.05, 0.1) is 13.2 Å². The van der Waals surface area contributed by atoms with Crippen LogP contribution in [0.5, 0.6) is 11.5 Å². The number of carbonyl (C=O) groups is 1. The Kier molecular flexibility index (Phi) is 6.66. The zero-order valence-electron chi connectivity index (χ0n) is 15.5. The maximum atomic E-state index is 14.0. The lowest BCUT2D eigenvalue weighted by Crippen LogP contribution is -2.38. The van der Waals surface area contributed by atoms with Crippen molar-refractivity contribution in [3.63, 3.8) is 0 Å². The van der Waals surface area contributed by atoms with E-state index in [0.717, 1.165) is 23.3 Å². The van der Waals surface area contributed by atoms with Gasteiger partial charge in [-0.1, -0.05) is 24.1 Å². The standard InChI is InChI=1S/C21H21FN2O3S/c1-3-10-27-19-12-14(7-8-18(19)26-2)13-23-21(25)24-17-9-11-28-20-15(17)5-4-6-16(20)22/h1,4-8,12,17H,9-11,13H2,2H3,(H2,23,24,25). The smallest absolute Gasteiger partial charge is 0.315 e. The Hall–Kier alpha value is -2.85. The molecule has 5 nitrogen and oxygen atoms in total. The highest BCUT2D eigenvalue weighted by Crippen LogP contribution is 2.37. The van der Waals surface area contributed by atoms with Crippen LogP contribution in [-0.4, -0.2) is 25.5 Å². The number of amides is 2. The second kappa shape index (κ2) is 9.38. The van der Waals surface area contributed by atoms with Gasteiger partial charge in [0.1, 0.15) is 12.4 Å². The summed E-state index contributed by atoms with van der Waals surface area (Å²) in [5.41, 5.74) is 1.66. The number of thioether (sulfide) groups is 1. The van der Waals surface area contributed by atoms with Gasteiger partial charge in [-0.05, 0) is 35.7 Å². The fraction of sp³-hybridized carbons (Fsp3) is 0.286. The maximum absolute atomic E-state index is 14.0. The Bertz CT molecular complexity index is 898. The van der Waals surface area contributed by atoms with E-state index in [-0.39, 0.29) is 24.5 Å². The molecular formula is C21H21FN2O3S. The van der Waals surface area contributed by atoms with Gasteiger partial charge in [-0.25, -0.2) is 9.18 Å². The van der Waals surface area contributed by atoms with Gasteiger partial charge in [0.25, 0.3) is 0 Å². The Morgan fingerprint density at radius 1 is 1.36 bits per heavy atom. The van der Waals surface area contributed by atoms with Crippen LogP contribution in [0.2, 0.25) is 0 Å². The summed E-state index contributed by atoms with van der Waals surface area (Å²) in [4.78, 5) is 13.0. The first kappa shape index (κ1) is 19.9. The average molecular weight is 400 g/mol. The second-order valence-electron chi connectivity index (χ2n) is 6.15. The second-order valence-corrected chi connectivity index (χ2v) is 7.26. The monoisotopic (exact) mass is 400 g/mol. The third kappa shape index (κ3) is 4.70. The number of fused-ring (bicyclic) bond motifs is 1. The normalized spacial score (nSPS) is 15.1. The van der Waals surface area contributed by atoms with Crippen molar-refractivity contribution in [1.82, 2.24) is 10.6 Å². The minimum atomic E-state index is -0.311. The highest BCUT2D eigenvalue weighted by Gasteiger charge is 2.24. The van der Waals surface area contributed by atoms with Crippen LogP contribution in [0.4, 0.5) is 9.18 Å². The van der Waals surface area contributed by atoms with Crippen LogP contribution in [0.15, 0.2) is 41.3 Å². The Labute approximate surface area is 168 Å². The molecule has 0 bridgehead atoms. The number of carbonyl (C=O) groups excluding carboxylic acids is 1. The van der Waals surface area contributed by atoms with E-state index in [1.165, 1.54) is 17.8 Å². The molecule has 1 unspecified atom stereocenters. The number of rotatable bonds is 6. The van der Waals surface area contributed by atoms with Gasteiger partial charge in [0.15, 0.2) is 11.5 Å². The van der Waals surface area contributed by atoms with Gasteiger partial charge in [0, 0.05) is 17.2 Å². The molecule has 1 aliphatic heterocycles. The van der Waals surface area contributed by atoms with Gasteiger partial charge in [0.2, 0.25) is 0 Å². The Morgan fingerprint density at radius 2 is 2.21 bits per heavy atom. The largest absolute Gasteiger partial charge is 0.493 e. The van der Waals surface area contributed by atoms with Gasteiger partial charge >= 0.3 is 6.03 Å². The van der Waals surface area contributed by atoms with Gasteiger partial charge in [-0.2, -0.15) is 0 Å². The van der Waals surface area contributed by atoms with Crippen molar-refractivity contribution in [2.24, 2.45) is 0 Å². The average Bonchev–Trinajstić information content (AvgIpc) is 2.71. The number of benzene rings is 2. The van der Waals surface area contributed by atoms with Crippen molar-refractivity contribution in [3.05, 3.63) is 53.3 Å². The zero-order chi connectivity index (χ0) is 19.9. The van der Waals surface area contributed by atoms with E-state index in [4.69, 9.17) is 15.9 Å². The summed E-state index contributed by atoms with van der Waals surface area (Å²) in [6, 6.07) is 9.82. The molecule has 28 heavy (non-hydrogen) atoms. The summed E-state index contributed by atoms with van der Waals surface area (Å²) in [6.45, 7) is 0.434. The number of urea groups is 1. The molecule has 0 spiro atoms. The quantitative estimate of drug-likeness (QED) is 0.723. The van der Waals surface area contributed by atoms with Crippen LogP contribution in [-0.2, 0) is 6.54 Å². The summed E-state index contributed by atoms with van der Waals surface area (Å²) in [7, 11) is 1.55. The molecule has 0 radical (unpaired) electrons. The van der Waals surface area contributed by atoms with Crippen LogP contribution >= 0.6 is 11.8 Å². The van der Waals surface area contributed by atoms with Crippen molar-refractivity contribution >= 4 is 17.8 Å². The third-order valence-corrected chi connectivity index (χ3v) is 5.48. The molecule has 2 aromatic carbocycles. The first-order valence-corrected chi connectivity index (χ1v) is 9.79. The molecular weight excluding hydrogens is 379 g/mol. The highest BCUT2D eigenvalue weighted by molar-refractivity contribution is 7.99. The lowest BCUT2D eigenvalue weighted by Gasteiger charge is -2.26. The molecule has 0 fully saturated rings. The van der Waals surface area contributed by atoms with Crippen LogP contribution < -0.4 is 20.1 Å². The van der Waals surface area contributed by atoms with Crippen molar-refractivity contribution in [1.29, 1.82) is 0 Å². The lowest BCUT2D eigenvalue weighted by molar-refractivity contribution is 0.236. The number of nitrogens with one attached hydrogen (secondary N) is 2. The molecule has 1 aliphatic rings. The SMILES string of the molecule is C#CCOc1cc(CNC(=O)NC2CCSc3c(F)cccc32)ccc1OC. The molecule has 0 aromatic heterocycles. The van der Waals surface area contributed by atoms with E-state index in [1.807, 2.05) is 12.1 Å². The van der Waals surface area contributed by atoms with E-state index in [9.17, 15) is 9.18 Å². The fourth-order valence-corrected chi connectivity index (χ4v) is 4.13. The zero-order valence-corrected chi connectivity index (χ0v) is 16.3. The summed E-state index contributed by atoms with van der Waals surface area (Å²) < 4.78 is 24.7. The van der Waals surface area contributed by atoms with Gasteiger partial charge in [-0.3, -0.25) is 0 Å². The predicted molar refractivity (Wildman–Crippen MR) is 107 cm³/mol. The van der Waals surface area contributed by atoms with Crippen LogP contribution in [0.3, 0.4) is 0 Å². The fourth-order valence-electron chi connectivity index (χ4n) is 2.99. The molecule has 0 aliphatic carbocycles. The van der Waals surface area contributed by atoms with Crippen LogP contribution in [0.25, 0.3) is 0 Å². The van der Waals surface area contributed by atoms with E-state index < -0.39 is 0 Å². The molecule has 146 valence electrons. The summed E-state index contributed by atoms with van der Waals surface area (Å²) in [5, 5.41) is 5.76. The minimum Gasteiger partial charge on any atom is -0.493 e. The van der Waals surface area contributed by atoms with Crippen molar-refractivity contribution in [2.75, 3.05) is 19.5 Å². The van der Waals surface area contributed by atoms with Crippen molar-refractivity contribution in [3.8, 4) is 23.8 Å². The van der Waals surface area contributed by atoms with Crippen LogP contribution in [0, 0.1) is 18.2 Å². The summed E-state index contributed by atoms with van der Waals surface area (Å²) in [5.74, 6) is 4.02. The number of halogens is 1. The Balaban J connectivity index is 1.61. The number of hydrogen-bond acceptors (Lipinski definition) is 4. The number of ether oxygens (including phenoxy) is 2. The molecule has 2 aromatic rings. The topological polar surface area (TPSA) is 59.6 Å². The Morgan fingerprint density at radius 3 is 3.00 bits per heavy atom. The molecule has 3 rings (SSSR count). The van der Waals surface area contributed by atoms with Crippen molar-refractivity contribution < 1.29 is 18.7 Å². The lowest BCUT2D eigenvalue weighted by atomic mass is 10.0. The predicted octanol–water partition coefficient (Wildman–Crippen LogP) is 3.88. The number of methoxy groups -OCH3 is 1. The minimum absolute atomic E-state index is 0.128. The van der Waals surface area contributed by atoms with E-state index >= 15 is 0 Å².